The van der Waals surface area contributed by atoms with Crippen molar-refractivity contribution < 1.29 is 5.11 Å². The Bertz CT molecular complexity index is 388. The molecular weight excluding hydrogens is 226 g/mol. The summed E-state index contributed by atoms with van der Waals surface area (Å²) in [5.41, 5.74) is 1.47. The molecule has 0 bridgehead atoms. The molecular formula is C14H27N3O. The van der Waals surface area contributed by atoms with E-state index in [1.807, 2.05) is 31.6 Å². The minimum Gasteiger partial charge on any atom is -0.390 e. The van der Waals surface area contributed by atoms with E-state index < -0.39 is 5.60 Å². The van der Waals surface area contributed by atoms with Crippen molar-refractivity contribution in [2.75, 3.05) is 6.54 Å². The van der Waals surface area contributed by atoms with Gasteiger partial charge in [-0.25, -0.2) is 0 Å². The highest BCUT2D eigenvalue weighted by molar-refractivity contribution is 5.11. The largest absolute Gasteiger partial charge is 0.390 e. The van der Waals surface area contributed by atoms with E-state index in [4.69, 9.17) is 0 Å². The number of nitrogens with one attached hydrogen (secondary N) is 1. The molecule has 0 aliphatic rings. The highest BCUT2D eigenvalue weighted by Crippen LogP contribution is 2.17. The molecule has 4 nitrogen and oxygen atoms in total. The summed E-state index contributed by atoms with van der Waals surface area (Å²) in [7, 11) is 1.92. The van der Waals surface area contributed by atoms with Gasteiger partial charge in [0.2, 0.25) is 0 Å². The van der Waals surface area contributed by atoms with Gasteiger partial charge in [-0.1, -0.05) is 0 Å². The molecule has 0 spiro atoms. The number of hydrogen-bond donors (Lipinski definition) is 2. The molecule has 0 saturated heterocycles. The van der Waals surface area contributed by atoms with Crippen LogP contribution in [0, 0.1) is 6.92 Å². The molecule has 0 radical (unpaired) electrons. The molecule has 0 aromatic carbocycles. The minimum atomic E-state index is -0.696. The van der Waals surface area contributed by atoms with Crippen molar-refractivity contribution in [2.24, 2.45) is 7.05 Å². The van der Waals surface area contributed by atoms with Crippen LogP contribution in [0.4, 0.5) is 0 Å². The van der Waals surface area contributed by atoms with Crippen LogP contribution in [0.2, 0.25) is 0 Å². The van der Waals surface area contributed by atoms with Gasteiger partial charge in [0.1, 0.15) is 0 Å². The van der Waals surface area contributed by atoms with Crippen molar-refractivity contribution in [3.05, 3.63) is 17.5 Å². The monoisotopic (exact) mass is 253 g/mol. The molecule has 18 heavy (non-hydrogen) atoms. The third-order valence-electron chi connectivity index (χ3n) is 2.98. The molecule has 1 rings (SSSR count). The fourth-order valence-electron chi connectivity index (χ4n) is 2.02. The van der Waals surface area contributed by atoms with E-state index >= 15 is 0 Å². The van der Waals surface area contributed by atoms with E-state index in [-0.39, 0.29) is 5.54 Å². The predicted molar refractivity (Wildman–Crippen MR) is 74.6 cm³/mol. The first-order chi connectivity index (χ1) is 8.09. The number of aromatic nitrogens is 2. The van der Waals surface area contributed by atoms with Gasteiger partial charge in [-0.05, 0) is 53.7 Å². The van der Waals surface area contributed by atoms with Crippen molar-refractivity contribution in [1.82, 2.24) is 15.1 Å². The summed E-state index contributed by atoms with van der Waals surface area (Å²) in [5, 5.41) is 18.1. The van der Waals surface area contributed by atoms with Gasteiger partial charge in [0, 0.05) is 24.7 Å². The summed E-state index contributed by atoms with van der Waals surface area (Å²) in [6.45, 7) is 11.1. The summed E-state index contributed by atoms with van der Waals surface area (Å²) in [6.07, 6.45) is 1.37. The fourth-order valence-corrected chi connectivity index (χ4v) is 2.02. The van der Waals surface area contributed by atoms with Gasteiger partial charge in [-0.2, -0.15) is 5.10 Å². The lowest BCUT2D eigenvalue weighted by Gasteiger charge is -2.27. The molecule has 2 N–H and O–H groups in total. The Balaban J connectivity index is 2.51. The lowest BCUT2D eigenvalue weighted by Crippen LogP contribution is -2.40. The third kappa shape index (κ3) is 5.19. The second kappa shape index (κ2) is 5.41. The second-order valence-electron chi connectivity index (χ2n) is 6.50. The Morgan fingerprint density at radius 2 is 1.94 bits per heavy atom. The number of aryl methyl sites for hydroxylation is 2. The Labute approximate surface area is 110 Å². The fraction of sp³-hybridized carbons (Fsp3) is 0.786. The standard InChI is InChI=1S/C14H27N3O/c1-11-9-12(17(6)16-11)10-14(5,18)7-8-15-13(2,3)4/h9,15,18H,7-8,10H2,1-6H3. The normalized spacial score (nSPS) is 15.7. The van der Waals surface area contributed by atoms with Gasteiger partial charge in [0.05, 0.1) is 11.3 Å². The van der Waals surface area contributed by atoms with Crippen molar-refractivity contribution >= 4 is 0 Å². The maximum atomic E-state index is 10.4. The molecule has 1 aromatic heterocycles. The first kappa shape index (κ1) is 15.2. The highest BCUT2D eigenvalue weighted by atomic mass is 16.3. The Hall–Kier alpha value is -0.870. The van der Waals surface area contributed by atoms with Crippen LogP contribution in [0.1, 0.15) is 45.5 Å². The quantitative estimate of drug-likeness (QED) is 0.841. The van der Waals surface area contributed by atoms with E-state index in [1.54, 1.807) is 0 Å². The number of hydrogen-bond acceptors (Lipinski definition) is 3. The second-order valence-corrected chi connectivity index (χ2v) is 6.50. The van der Waals surface area contributed by atoms with Crippen molar-refractivity contribution in [3.8, 4) is 0 Å². The summed E-state index contributed by atoms with van der Waals surface area (Å²) >= 11 is 0. The molecule has 1 atom stereocenters. The zero-order chi connectivity index (χ0) is 14.0. The Morgan fingerprint density at radius 1 is 1.33 bits per heavy atom. The van der Waals surface area contributed by atoms with Crippen LogP contribution in [-0.2, 0) is 13.5 Å². The summed E-state index contributed by atoms with van der Waals surface area (Å²) in [6, 6.07) is 2.03. The lowest BCUT2D eigenvalue weighted by molar-refractivity contribution is 0.0481. The molecule has 0 aliphatic heterocycles. The molecule has 0 fully saturated rings. The van der Waals surface area contributed by atoms with Gasteiger partial charge in [-0.3, -0.25) is 4.68 Å². The SMILES string of the molecule is Cc1cc(CC(C)(O)CCNC(C)(C)C)n(C)n1. The van der Waals surface area contributed by atoms with Crippen LogP contribution in [0.25, 0.3) is 0 Å². The summed E-state index contributed by atoms with van der Waals surface area (Å²) in [4.78, 5) is 0. The highest BCUT2D eigenvalue weighted by Gasteiger charge is 2.23. The van der Waals surface area contributed by atoms with E-state index in [0.717, 1.165) is 24.4 Å². The molecule has 0 aliphatic carbocycles. The van der Waals surface area contributed by atoms with Crippen molar-refractivity contribution in [2.45, 2.75) is 58.6 Å². The van der Waals surface area contributed by atoms with Crippen LogP contribution in [0.5, 0.6) is 0 Å². The predicted octanol–water partition coefficient (Wildman–Crippen LogP) is 1.80. The Morgan fingerprint density at radius 3 is 2.39 bits per heavy atom. The summed E-state index contributed by atoms with van der Waals surface area (Å²) < 4.78 is 1.85. The summed E-state index contributed by atoms with van der Waals surface area (Å²) in [5.74, 6) is 0. The van der Waals surface area contributed by atoms with Gasteiger partial charge >= 0.3 is 0 Å². The van der Waals surface area contributed by atoms with E-state index in [9.17, 15) is 5.11 Å². The minimum absolute atomic E-state index is 0.0964. The van der Waals surface area contributed by atoms with Crippen molar-refractivity contribution in [1.29, 1.82) is 0 Å². The molecule has 1 heterocycles. The average Bonchev–Trinajstić information content (AvgIpc) is 2.41. The number of nitrogens with zero attached hydrogens (tertiary/aromatic N) is 2. The van der Waals surface area contributed by atoms with E-state index in [1.165, 1.54) is 0 Å². The number of aliphatic hydroxyl groups is 1. The maximum Gasteiger partial charge on any atom is 0.0686 e. The van der Waals surface area contributed by atoms with Crippen LogP contribution < -0.4 is 5.32 Å². The zero-order valence-electron chi connectivity index (χ0n) is 12.5. The van der Waals surface area contributed by atoms with Crippen LogP contribution >= 0.6 is 0 Å². The van der Waals surface area contributed by atoms with Crippen LogP contribution in [-0.4, -0.2) is 32.6 Å². The zero-order valence-corrected chi connectivity index (χ0v) is 12.5. The van der Waals surface area contributed by atoms with Crippen LogP contribution in [0.3, 0.4) is 0 Å². The molecule has 1 unspecified atom stereocenters. The Kier molecular flexibility index (Phi) is 4.56. The van der Waals surface area contributed by atoms with E-state index in [2.05, 4.69) is 31.2 Å². The first-order valence-electron chi connectivity index (χ1n) is 6.56. The lowest BCUT2D eigenvalue weighted by atomic mass is 9.95. The molecule has 104 valence electrons. The van der Waals surface area contributed by atoms with Crippen molar-refractivity contribution in [3.63, 3.8) is 0 Å². The average molecular weight is 253 g/mol. The first-order valence-corrected chi connectivity index (χ1v) is 6.56. The molecule has 0 amide bonds. The molecule has 4 heteroatoms. The third-order valence-corrected chi connectivity index (χ3v) is 2.98. The molecule has 1 aromatic rings. The van der Waals surface area contributed by atoms with Gasteiger partial charge in [0.25, 0.3) is 0 Å². The molecule has 0 saturated carbocycles. The van der Waals surface area contributed by atoms with Gasteiger partial charge in [-0.15, -0.1) is 0 Å². The van der Waals surface area contributed by atoms with Crippen LogP contribution in [0.15, 0.2) is 6.07 Å². The van der Waals surface area contributed by atoms with Gasteiger partial charge < -0.3 is 10.4 Å². The van der Waals surface area contributed by atoms with E-state index in [0.29, 0.717) is 6.42 Å². The smallest absolute Gasteiger partial charge is 0.0686 e. The van der Waals surface area contributed by atoms with Gasteiger partial charge in [0.15, 0.2) is 0 Å². The maximum absolute atomic E-state index is 10.4. The topological polar surface area (TPSA) is 50.1 Å². The number of rotatable bonds is 5.